The van der Waals surface area contributed by atoms with Gasteiger partial charge in [0.05, 0.1) is 15.5 Å². The summed E-state index contributed by atoms with van der Waals surface area (Å²) in [5.74, 6) is 0.179. The minimum atomic E-state index is -3.84. The van der Waals surface area contributed by atoms with Gasteiger partial charge in [0.2, 0.25) is 5.91 Å². The molecule has 1 amide bonds. The lowest BCUT2D eigenvalue weighted by molar-refractivity contribution is -0.119. The van der Waals surface area contributed by atoms with E-state index in [0.29, 0.717) is 10.7 Å². The number of aromatic nitrogens is 2. The van der Waals surface area contributed by atoms with Crippen LogP contribution in [0, 0.1) is 19.8 Å². The third kappa shape index (κ3) is 4.24. The van der Waals surface area contributed by atoms with Crippen LogP contribution in [0.1, 0.15) is 36.9 Å². The van der Waals surface area contributed by atoms with Crippen LogP contribution in [0.2, 0.25) is 0 Å². The number of anilines is 2. The van der Waals surface area contributed by atoms with Crippen molar-refractivity contribution in [2.24, 2.45) is 5.92 Å². The monoisotopic (exact) mass is 446 g/mol. The molecule has 8 nitrogen and oxygen atoms in total. The highest BCUT2D eigenvalue weighted by Gasteiger charge is 2.24. The van der Waals surface area contributed by atoms with Gasteiger partial charge in [0.15, 0.2) is 10.9 Å². The second-order valence-electron chi connectivity index (χ2n) is 7.37. The average molecular weight is 447 g/mol. The Balaban J connectivity index is 1.61. The van der Waals surface area contributed by atoms with Gasteiger partial charge in [0, 0.05) is 12.0 Å². The predicted octanol–water partition coefficient (Wildman–Crippen LogP) is 4.34. The number of amides is 1. The van der Waals surface area contributed by atoms with Crippen molar-refractivity contribution in [2.75, 3.05) is 10.0 Å². The fourth-order valence-electron chi connectivity index (χ4n) is 3.60. The Kier molecular flexibility index (Phi) is 5.61. The number of nitrogens with one attached hydrogen (secondary N) is 2. The molecule has 1 aliphatic rings. The van der Waals surface area contributed by atoms with Crippen LogP contribution in [-0.2, 0) is 14.8 Å². The number of carbonyl (C=O) groups excluding carboxylic acids is 1. The first-order valence-corrected chi connectivity index (χ1v) is 12.0. The highest BCUT2D eigenvalue weighted by molar-refractivity contribution is 7.92. The van der Waals surface area contributed by atoms with Gasteiger partial charge < -0.3 is 9.84 Å². The third-order valence-corrected chi connectivity index (χ3v) is 7.79. The molecule has 0 unspecified atom stereocenters. The van der Waals surface area contributed by atoms with E-state index >= 15 is 0 Å². The van der Waals surface area contributed by atoms with E-state index in [0.717, 1.165) is 41.8 Å². The Labute approximate surface area is 178 Å². The Morgan fingerprint density at radius 3 is 2.67 bits per heavy atom. The molecule has 158 valence electrons. The molecule has 0 aliphatic heterocycles. The highest BCUT2D eigenvalue weighted by Crippen LogP contribution is 2.35. The molecular formula is C20H22N4O4S2. The second-order valence-corrected chi connectivity index (χ2v) is 10.0. The summed E-state index contributed by atoms with van der Waals surface area (Å²) in [5.41, 5.74) is 2.06. The van der Waals surface area contributed by atoms with Crippen LogP contribution in [0.25, 0.3) is 10.4 Å². The molecule has 30 heavy (non-hydrogen) atoms. The van der Waals surface area contributed by atoms with Crippen molar-refractivity contribution in [3.05, 3.63) is 41.8 Å². The largest absolute Gasteiger partial charge is 0.363 e. The topological polar surface area (TPSA) is 114 Å². The van der Waals surface area contributed by atoms with Crippen LogP contribution in [0.4, 0.5) is 10.9 Å². The molecule has 0 radical (unpaired) electrons. The molecular weight excluding hydrogens is 424 g/mol. The molecule has 0 bridgehead atoms. The van der Waals surface area contributed by atoms with Gasteiger partial charge in [-0.2, -0.15) is 0 Å². The van der Waals surface area contributed by atoms with E-state index in [-0.39, 0.29) is 22.5 Å². The molecule has 0 spiro atoms. The number of sulfonamides is 1. The molecule has 1 saturated carbocycles. The molecule has 2 N–H and O–H groups in total. The number of hydrogen-bond acceptors (Lipinski definition) is 7. The fraction of sp³-hybridized carbons (Fsp3) is 0.350. The number of hydrogen-bond donors (Lipinski definition) is 2. The normalized spacial score (nSPS) is 14.7. The van der Waals surface area contributed by atoms with Gasteiger partial charge in [0.25, 0.3) is 10.0 Å². The number of thiazole rings is 1. The van der Waals surface area contributed by atoms with Crippen molar-refractivity contribution in [1.82, 2.24) is 10.1 Å². The number of nitrogens with zero attached hydrogens (tertiary/aromatic N) is 2. The standard InChI is InChI=1S/C20H22N4O4S2/c1-12-7-8-15(11-16(12)30(26,27)24-17-9-10-28-23-17)18-13(2)21-20(29-18)22-19(25)14-5-3-4-6-14/h7-11,14H,3-6H2,1-2H3,(H,23,24)(H,21,22,25). The highest BCUT2D eigenvalue weighted by atomic mass is 32.2. The zero-order chi connectivity index (χ0) is 21.3. The fourth-order valence-corrected chi connectivity index (χ4v) is 5.83. The van der Waals surface area contributed by atoms with Crippen molar-refractivity contribution in [1.29, 1.82) is 0 Å². The van der Waals surface area contributed by atoms with Gasteiger partial charge in [-0.05, 0) is 43.9 Å². The summed E-state index contributed by atoms with van der Waals surface area (Å²) in [5, 5.41) is 7.05. The van der Waals surface area contributed by atoms with Gasteiger partial charge in [-0.15, -0.1) is 0 Å². The van der Waals surface area contributed by atoms with Gasteiger partial charge in [-0.1, -0.05) is 41.5 Å². The van der Waals surface area contributed by atoms with Gasteiger partial charge >= 0.3 is 0 Å². The SMILES string of the molecule is Cc1ccc(-c2sc(NC(=O)C3CCCC3)nc2C)cc1S(=O)(=O)Nc1ccon1. The zero-order valence-corrected chi connectivity index (χ0v) is 18.3. The van der Waals surface area contributed by atoms with Crippen LogP contribution < -0.4 is 10.0 Å². The van der Waals surface area contributed by atoms with E-state index in [9.17, 15) is 13.2 Å². The van der Waals surface area contributed by atoms with E-state index in [2.05, 4.69) is 24.7 Å². The number of benzene rings is 1. The molecule has 10 heteroatoms. The van der Waals surface area contributed by atoms with Crippen LogP contribution >= 0.6 is 11.3 Å². The van der Waals surface area contributed by atoms with Crippen LogP contribution in [0.5, 0.6) is 0 Å². The minimum Gasteiger partial charge on any atom is -0.363 e. The Morgan fingerprint density at radius 2 is 1.97 bits per heavy atom. The molecule has 1 aromatic carbocycles. The summed E-state index contributed by atoms with van der Waals surface area (Å²) in [7, 11) is -3.84. The number of aryl methyl sites for hydroxylation is 2. The molecule has 4 rings (SSSR count). The number of carbonyl (C=O) groups is 1. The number of rotatable bonds is 6. The summed E-state index contributed by atoms with van der Waals surface area (Å²) in [6.45, 7) is 3.58. The lowest BCUT2D eigenvalue weighted by Crippen LogP contribution is -2.20. The molecule has 1 fully saturated rings. The summed E-state index contributed by atoms with van der Waals surface area (Å²) in [6, 6.07) is 6.65. The zero-order valence-electron chi connectivity index (χ0n) is 16.6. The van der Waals surface area contributed by atoms with E-state index in [1.54, 1.807) is 19.1 Å². The summed E-state index contributed by atoms with van der Waals surface area (Å²) < 4.78 is 32.7. The first-order valence-electron chi connectivity index (χ1n) is 9.66. The van der Waals surface area contributed by atoms with Gasteiger partial charge in [-0.25, -0.2) is 13.4 Å². The molecule has 2 aromatic heterocycles. The average Bonchev–Trinajstić information content (AvgIpc) is 3.44. The quantitative estimate of drug-likeness (QED) is 0.582. The lowest BCUT2D eigenvalue weighted by atomic mass is 10.1. The van der Waals surface area contributed by atoms with Crippen molar-refractivity contribution in [3.8, 4) is 10.4 Å². The third-order valence-electron chi connectivity index (χ3n) is 5.17. The smallest absolute Gasteiger partial charge is 0.263 e. The summed E-state index contributed by atoms with van der Waals surface area (Å²) in [6.07, 6.45) is 5.30. The minimum absolute atomic E-state index is 0.0109. The van der Waals surface area contributed by atoms with Crippen LogP contribution in [-0.4, -0.2) is 24.5 Å². The van der Waals surface area contributed by atoms with E-state index in [1.807, 2.05) is 13.0 Å². The maximum absolute atomic E-state index is 12.8. The van der Waals surface area contributed by atoms with Crippen molar-refractivity contribution < 1.29 is 17.7 Å². The lowest BCUT2D eigenvalue weighted by Gasteiger charge is -2.10. The molecule has 3 aromatic rings. The Hall–Kier alpha value is -2.72. The Bertz CT molecular complexity index is 1160. The van der Waals surface area contributed by atoms with Crippen LogP contribution in [0.15, 0.2) is 39.9 Å². The second kappa shape index (κ2) is 8.19. The Morgan fingerprint density at radius 1 is 1.20 bits per heavy atom. The van der Waals surface area contributed by atoms with Crippen LogP contribution in [0.3, 0.4) is 0 Å². The first-order chi connectivity index (χ1) is 14.3. The van der Waals surface area contributed by atoms with Crippen molar-refractivity contribution in [3.63, 3.8) is 0 Å². The van der Waals surface area contributed by atoms with Gasteiger partial charge in [0.1, 0.15) is 6.26 Å². The molecule has 0 atom stereocenters. The van der Waals surface area contributed by atoms with Crippen molar-refractivity contribution in [2.45, 2.75) is 44.4 Å². The predicted molar refractivity (Wildman–Crippen MR) is 115 cm³/mol. The van der Waals surface area contributed by atoms with E-state index < -0.39 is 10.0 Å². The summed E-state index contributed by atoms with van der Waals surface area (Å²) in [4.78, 5) is 17.8. The maximum atomic E-state index is 12.8. The molecule has 1 aliphatic carbocycles. The van der Waals surface area contributed by atoms with Crippen molar-refractivity contribution >= 4 is 38.2 Å². The first kappa shape index (κ1) is 20.5. The van der Waals surface area contributed by atoms with E-state index in [4.69, 9.17) is 0 Å². The van der Waals surface area contributed by atoms with E-state index in [1.165, 1.54) is 23.7 Å². The molecule has 2 heterocycles. The summed E-state index contributed by atoms with van der Waals surface area (Å²) >= 11 is 1.34. The molecule has 0 saturated heterocycles. The van der Waals surface area contributed by atoms with Gasteiger partial charge in [-0.3, -0.25) is 9.52 Å². The maximum Gasteiger partial charge on any atom is 0.263 e.